The monoisotopic (exact) mass is 303 g/mol. The summed E-state index contributed by atoms with van der Waals surface area (Å²) in [6.45, 7) is 1.90. The van der Waals surface area contributed by atoms with E-state index in [-0.39, 0.29) is 0 Å². The van der Waals surface area contributed by atoms with Gasteiger partial charge < -0.3 is 5.21 Å². The minimum atomic E-state index is 0.406. The largest absolute Gasteiger partial charge is 0.427 e. The first-order valence-electron chi connectivity index (χ1n) is 7.14. The van der Waals surface area contributed by atoms with Gasteiger partial charge in [-0.2, -0.15) is 4.73 Å². The Morgan fingerprint density at radius 3 is 2.57 bits per heavy atom. The summed E-state index contributed by atoms with van der Waals surface area (Å²) >= 11 is 0. The van der Waals surface area contributed by atoms with Gasteiger partial charge in [-0.15, -0.1) is 0 Å². The average molecular weight is 303 g/mol. The van der Waals surface area contributed by atoms with E-state index in [2.05, 4.69) is 19.9 Å². The molecule has 4 rings (SSSR count). The van der Waals surface area contributed by atoms with Gasteiger partial charge in [-0.1, -0.05) is 12.1 Å². The number of hydrogen-bond donors (Lipinski definition) is 1. The predicted molar refractivity (Wildman–Crippen MR) is 85.9 cm³/mol. The molecular formula is C17H13N5O. The number of aryl methyl sites for hydroxylation is 1. The molecule has 0 saturated carbocycles. The summed E-state index contributed by atoms with van der Waals surface area (Å²) in [5.41, 5.74) is 4.61. The van der Waals surface area contributed by atoms with Crippen LogP contribution in [0, 0.1) is 6.92 Å². The van der Waals surface area contributed by atoms with E-state index in [0.717, 1.165) is 27.0 Å². The van der Waals surface area contributed by atoms with Gasteiger partial charge in [0.2, 0.25) is 0 Å². The summed E-state index contributed by atoms with van der Waals surface area (Å²) in [5, 5.41) is 10.1. The van der Waals surface area contributed by atoms with Crippen molar-refractivity contribution in [3.63, 3.8) is 0 Å². The molecule has 0 bridgehead atoms. The Bertz CT molecular complexity index is 1010. The fraction of sp³-hybridized carbons (Fsp3) is 0.0588. The van der Waals surface area contributed by atoms with E-state index < -0.39 is 0 Å². The Morgan fingerprint density at radius 2 is 1.74 bits per heavy atom. The van der Waals surface area contributed by atoms with E-state index in [1.165, 1.54) is 0 Å². The molecular weight excluding hydrogens is 290 g/mol. The fourth-order valence-electron chi connectivity index (χ4n) is 2.48. The van der Waals surface area contributed by atoms with Gasteiger partial charge in [0, 0.05) is 23.7 Å². The zero-order valence-electron chi connectivity index (χ0n) is 12.4. The third kappa shape index (κ3) is 2.40. The molecule has 112 valence electrons. The lowest BCUT2D eigenvalue weighted by Gasteiger charge is -2.00. The number of imidazole rings is 1. The van der Waals surface area contributed by atoms with E-state index in [0.29, 0.717) is 17.2 Å². The normalized spacial score (nSPS) is 11.0. The number of pyridine rings is 1. The fourth-order valence-corrected chi connectivity index (χ4v) is 2.48. The van der Waals surface area contributed by atoms with Crippen molar-refractivity contribution < 1.29 is 5.21 Å². The minimum Gasteiger partial charge on any atom is -0.427 e. The van der Waals surface area contributed by atoms with Crippen LogP contribution in [0.25, 0.3) is 33.8 Å². The molecule has 0 saturated heterocycles. The van der Waals surface area contributed by atoms with Gasteiger partial charge in [0.15, 0.2) is 5.82 Å². The molecule has 0 aliphatic carbocycles. The van der Waals surface area contributed by atoms with Crippen molar-refractivity contribution in [1.29, 1.82) is 0 Å². The van der Waals surface area contributed by atoms with Crippen LogP contribution in [0.5, 0.6) is 0 Å². The van der Waals surface area contributed by atoms with Gasteiger partial charge in [0.05, 0.1) is 22.9 Å². The highest BCUT2D eigenvalue weighted by molar-refractivity contribution is 5.80. The van der Waals surface area contributed by atoms with E-state index in [4.69, 9.17) is 0 Å². The van der Waals surface area contributed by atoms with Gasteiger partial charge in [0.1, 0.15) is 5.69 Å². The van der Waals surface area contributed by atoms with E-state index in [1.54, 1.807) is 18.6 Å². The number of aromatic nitrogens is 5. The van der Waals surface area contributed by atoms with Gasteiger partial charge in [-0.25, -0.2) is 9.97 Å². The van der Waals surface area contributed by atoms with Crippen LogP contribution < -0.4 is 0 Å². The first-order valence-corrected chi connectivity index (χ1v) is 7.14. The molecule has 1 N–H and O–H groups in total. The van der Waals surface area contributed by atoms with Crippen LogP contribution in [0.3, 0.4) is 0 Å². The Labute approximate surface area is 132 Å². The quantitative estimate of drug-likeness (QED) is 0.576. The molecule has 0 atom stereocenters. The van der Waals surface area contributed by atoms with Crippen LogP contribution in [0.15, 0.2) is 55.0 Å². The number of nitrogens with zero attached hydrogens (tertiary/aromatic N) is 5. The van der Waals surface area contributed by atoms with Gasteiger partial charge in [-0.3, -0.25) is 9.97 Å². The second kappa shape index (κ2) is 5.17. The molecule has 4 aromatic rings. The van der Waals surface area contributed by atoms with Crippen molar-refractivity contribution in [2.75, 3.05) is 0 Å². The number of rotatable bonds is 2. The molecule has 0 unspecified atom stereocenters. The number of fused-ring (bicyclic) bond motifs is 1. The first-order chi connectivity index (χ1) is 11.2. The second-order valence-electron chi connectivity index (χ2n) is 5.22. The summed E-state index contributed by atoms with van der Waals surface area (Å²) in [7, 11) is 0. The summed E-state index contributed by atoms with van der Waals surface area (Å²) in [6, 6.07) is 11.3. The van der Waals surface area contributed by atoms with Crippen LogP contribution in [-0.2, 0) is 0 Å². The van der Waals surface area contributed by atoms with E-state index in [9.17, 15) is 5.21 Å². The zero-order valence-corrected chi connectivity index (χ0v) is 12.4. The van der Waals surface area contributed by atoms with E-state index >= 15 is 0 Å². The highest BCUT2D eigenvalue weighted by atomic mass is 16.5. The maximum atomic E-state index is 10.1. The van der Waals surface area contributed by atoms with Crippen molar-refractivity contribution in [2.24, 2.45) is 0 Å². The van der Waals surface area contributed by atoms with Crippen molar-refractivity contribution in [3.8, 4) is 22.8 Å². The summed E-state index contributed by atoms with van der Waals surface area (Å²) in [6.07, 6.45) is 4.88. The molecule has 0 aliphatic heterocycles. The molecule has 6 nitrogen and oxygen atoms in total. The third-order valence-corrected chi connectivity index (χ3v) is 3.57. The van der Waals surface area contributed by atoms with Crippen LogP contribution >= 0.6 is 0 Å². The predicted octanol–water partition coefficient (Wildman–Crippen LogP) is 3.10. The van der Waals surface area contributed by atoms with Crippen molar-refractivity contribution in [2.45, 2.75) is 6.92 Å². The SMILES string of the molecule is Cc1cccc(-c2nc(-c3ccc4nccnc4c3)cn2O)n1. The van der Waals surface area contributed by atoms with Crippen LogP contribution in [0.1, 0.15) is 5.69 Å². The van der Waals surface area contributed by atoms with Gasteiger partial charge in [-0.05, 0) is 31.2 Å². The van der Waals surface area contributed by atoms with Crippen LogP contribution in [-0.4, -0.2) is 29.9 Å². The molecule has 3 heterocycles. The summed E-state index contributed by atoms with van der Waals surface area (Å²) in [5.74, 6) is 0.406. The molecule has 1 aromatic carbocycles. The number of hydrogen-bond acceptors (Lipinski definition) is 5. The lowest BCUT2D eigenvalue weighted by molar-refractivity contribution is 0.190. The molecule has 6 heteroatoms. The van der Waals surface area contributed by atoms with Crippen molar-refractivity contribution >= 4 is 11.0 Å². The summed E-state index contributed by atoms with van der Waals surface area (Å²) in [4.78, 5) is 17.4. The lowest BCUT2D eigenvalue weighted by Crippen LogP contribution is -1.95. The van der Waals surface area contributed by atoms with Crippen molar-refractivity contribution in [3.05, 3.63) is 60.7 Å². The van der Waals surface area contributed by atoms with Gasteiger partial charge >= 0.3 is 0 Å². The third-order valence-electron chi connectivity index (χ3n) is 3.57. The Morgan fingerprint density at radius 1 is 0.913 bits per heavy atom. The van der Waals surface area contributed by atoms with Crippen molar-refractivity contribution in [1.82, 2.24) is 24.7 Å². The Hall–Kier alpha value is -3.28. The second-order valence-corrected chi connectivity index (χ2v) is 5.22. The summed E-state index contributed by atoms with van der Waals surface area (Å²) < 4.78 is 0.998. The maximum Gasteiger partial charge on any atom is 0.194 e. The van der Waals surface area contributed by atoms with Crippen LogP contribution in [0.4, 0.5) is 0 Å². The topological polar surface area (TPSA) is 76.7 Å². The number of benzene rings is 1. The van der Waals surface area contributed by atoms with E-state index in [1.807, 2.05) is 43.3 Å². The standard InChI is InChI=1S/C17H13N5O/c1-11-3-2-4-14(20-11)17-21-16(10-22(17)23)12-5-6-13-15(9-12)19-8-7-18-13/h2-10,23H,1H3. The molecule has 0 aliphatic rings. The first kappa shape index (κ1) is 13.4. The highest BCUT2D eigenvalue weighted by Gasteiger charge is 2.13. The Balaban J connectivity index is 1.81. The van der Waals surface area contributed by atoms with Gasteiger partial charge in [0.25, 0.3) is 0 Å². The lowest BCUT2D eigenvalue weighted by atomic mass is 10.1. The smallest absolute Gasteiger partial charge is 0.194 e. The average Bonchev–Trinajstić information content (AvgIpc) is 2.96. The molecule has 0 amide bonds. The molecule has 0 radical (unpaired) electrons. The minimum absolute atomic E-state index is 0.406. The zero-order chi connectivity index (χ0) is 15.8. The maximum absolute atomic E-state index is 10.1. The molecule has 0 spiro atoms. The highest BCUT2D eigenvalue weighted by Crippen LogP contribution is 2.25. The molecule has 3 aromatic heterocycles. The Kier molecular flexibility index (Phi) is 3.01. The molecule has 23 heavy (non-hydrogen) atoms. The molecule has 0 fully saturated rings. The van der Waals surface area contributed by atoms with Crippen LogP contribution in [0.2, 0.25) is 0 Å².